The number of hydrogen-bond acceptors (Lipinski definition) is 6. The minimum atomic E-state index is -2.87. The molecule has 10 nitrogen and oxygen atoms in total. The van der Waals surface area contributed by atoms with Crippen molar-refractivity contribution in [2.24, 2.45) is 0 Å². The Morgan fingerprint density at radius 3 is 1.75 bits per heavy atom. The average molecular weight is 413 g/mol. The molecule has 150 valence electrons. The molecule has 0 aromatic heterocycles. The highest BCUT2D eigenvalue weighted by Gasteiger charge is 2.11. The minimum Gasteiger partial charge on any atom is -0.508 e. The van der Waals surface area contributed by atoms with Crippen molar-refractivity contribution in [3.05, 3.63) is 59.7 Å². The number of hydrogen-bond donors (Lipinski definition) is 5. The van der Waals surface area contributed by atoms with Crippen LogP contribution < -0.4 is 4.74 Å². The predicted molar refractivity (Wildman–Crippen MR) is 96.5 cm³/mol. The molecule has 0 saturated carbocycles. The van der Waals surface area contributed by atoms with Crippen LogP contribution in [0.15, 0.2) is 48.5 Å². The maximum Gasteiger partial charge on any atom is 0.692 e. The van der Waals surface area contributed by atoms with Crippen LogP contribution in [0.2, 0.25) is 0 Å². The highest BCUT2D eigenvalue weighted by molar-refractivity contribution is 7.30. The Balaban J connectivity index is 0.000000442. The lowest BCUT2D eigenvalue weighted by molar-refractivity contribution is -0.148. The number of rotatable bonds is 5. The van der Waals surface area contributed by atoms with Crippen molar-refractivity contribution in [1.82, 2.24) is 0 Å². The lowest BCUT2D eigenvalue weighted by atomic mass is 10.1. The van der Waals surface area contributed by atoms with Gasteiger partial charge in [0.25, 0.3) is 0 Å². The first-order chi connectivity index (χ1) is 13.1. The van der Waals surface area contributed by atoms with Crippen LogP contribution >= 0.6 is 8.25 Å². The largest absolute Gasteiger partial charge is 0.692 e. The molecule has 5 N–H and O–H groups in total. The van der Waals surface area contributed by atoms with Gasteiger partial charge < -0.3 is 20.1 Å². The van der Waals surface area contributed by atoms with E-state index in [2.05, 4.69) is 0 Å². The summed E-state index contributed by atoms with van der Waals surface area (Å²) in [6.45, 7) is 0. The van der Waals surface area contributed by atoms with Crippen molar-refractivity contribution in [2.75, 3.05) is 7.11 Å². The number of Topliss-reactive ketones (excluding diaryl/α,β-unsaturated/α-hetero) is 1. The first kappa shape index (κ1) is 24.7. The Labute approximate surface area is 160 Å². The molecule has 0 heterocycles. The third-order valence-electron chi connectivity index (χ3n) is 2.88. The summed E-state index contributed by atoms with van der Waals surface area (Å²) in [5, 5.41) is 25.7. The summed E-state index contributed by atoms with van der Waals surface area (Å²) in [5.74, 6) is -2.46. The van der Waals surface area contributed by atoms with Crippen molar-refractivity contribution in [2.45, 2.75) is 6.42 Å². The number of carbonyl (C=O) groups is 3. The molecule has 0 aliphatic rings. The van der Waals surface area contributed by atoms with Gasteiger partial charge in [0.15, 0.2) is 0 Å². The molecule has 2 rings (SSSR count). The highest BCUT2D eigenvalue weighted by Crippen LogP contribution is 2.11. The minimum absolute atomic E-state index is 0.0894. The molecule has 0 amide bonds. The normalized spacial score (nSPS) is 8.96. The summed E-state index contributed by atoms with van der Waals surface area (Å²) in [4.78, 5) is 45.5. The molecule has 0 aliphatic heterocycles. The van der Waals surface area contributed by atoms with Crippen LogP contribution in [0.4, 0.5) is 0 Å². The zero-order valence-electron chi connectivity index (χ0n) is 14.6. The van der Waals surface area contributed by atoms with Crippen LogP contribution in [0.1, 0.15) is 15.9 Å². The third kappa shape index (κ3) is 11.3. The molecule has 11 heteroatoms. The second-order valence-electron chi connectivity index (χ2n) is 4.86. The van der Waals surface area contributed by atoms with Crippen molar-refractivity contribution < 1.29 is 48.8 Å². The van der Waals surface area contributed by atoms with Gasteiger partial charge in [-0.15, -0.1) is 9.79 Å². The number of aliphatic carboxylic acids is 1. The quantitative estimate of drug-likeness (QED) is 0.357. The standard InChI is InChI=1S/C9H8O4.C8H8O3.HO3P/c10-7-3-1-6(2-4-7)5-8(11)9(12)13;1-11-7-4-2-6(3-5-7)8(9)10;1-4(2)3/h1-4,10H,5H2,(H,12,13);2-5H,1H3,(H,9,10);(H-,1,2,3)/p+1. The summed E-state index contributed by atoms with van der Waals surface area (Å²) < 4.78 is 13.6. The molecule has 0 aliphatic carbocycles. The first-order valence-corrected chi connectivity index (χ1v) is 8.49. The highest BCUT2D eigenvalue weighted by atomic mass is 31.1. The number of benzene rings is 2. The summed E-state index contributed by atoms with van der Waals surface area (Å²) in [5.41, 5.74) is 0.844. The van der Waals surface area contributed by atoms with Gasteiger partial charge in [-0.1, -0.05) is 12.1 Å². The fourth-order valence-corrected chi connectivity index (χ4v) is 1.61. The van der Waals surface area contributed by atoms with E-state index in [1.807, 2.05) is 0 Å². The number of carboxylic acid groups (broad SMARTS) is 2. The Morgan fingerprint density at radius 1 is 0.929 bits per heavy atom. The van der Waals surface area contributed by atoms with E-state index in [-0.39, 0.29) is 17.7 Å². The number of phenols is 1. The fraction of sp³-hybridized carbons (Fsp3) is 0.118. The van der Waals surface area contributed by atoms with E-state index in [0.29, 0.717) is 11.3 Å². The van der Waals surface area contributed by atoms with Crippen LogP contribution in [0.25, 0.3) is 0 Å². The molecule has 2 aromatic carbocycles. The lowest BCUT2D eigenvalue weighted by Gasteiger charge is -1.98. The molecule has 0 atom stereocenters. The number of aromatic carboxylic acids is 1. The Bertz CT molecular complexity index is 796. The molecule has 0 spiro atoms. The SMILES string of the molecule is COc1ccc(C(=O)O)cc1.O=C(O)C(=O)Cc1ccc(O)cc1.O=[P+](O)O. The Morgan fingerprint density at radius 2 is 1.39 bits per heavy atom. The number of carboxylic acids is 2. The molecular formula is C17H18O10P+. The molecule has 0 radical (unpaired) electrons. The summed E-state index contributed by atoms with van der Waals surface area (Å²) in [6.07, 6.45) is -0.143. The zero-order chi connectivity index (χ0) is 21.7. The topological polar surface area (TPSA) is 179 Å². The maximum atomic E-state index is 10.7. The smallest absolute Gasteiger partial charge is 0.508 e. The van der Waals surface area contributed by atoms with Gasteiger partial charge in [0.1, 0.15) is 11.5 Å². The molecule has 0 unspecified atom stereocenters. The van der Waals surface area contributed by atoms with Gasteiger partial charge in [0, 0.05) is 11.0 Å². The van der Waals surface area contributed by atoms with E-state index in [4.69, 9.17) is 34.4 Å². The van der Waals surface area contributed by atoms with E-state index in [1.54, 1.807) is 12.1 Å². The van der Waals surface area contributed by atoms with E-state index in [1.165, 1.54) is 43.5 Å². The number of ether oxygens (including phenoxy) is 1. The van der Waals surface area contributed by atoms with Crippen LogP contribution in [0, 0.1) is 0 Å². The van der Waals surface area contributed by atoms with Crippen LogP contribution in [0.5, 0.6) is 11.5 Å². The lowest BCUT2D eigenvalue weighted by Crippen LogP contribution is -2.14. The van der Waals surface area contributed by atoms with Crippen LogP contribution in [0.3, 0.4) is 0 Å². The molecule has 0 saturated heterocycles. The number of ketones is 1. The predicted octanol–water partition coefficient (Wildman–Crippen LogP) is 1.61. The number of carbonyl (C=O) groups excluding carboxylic acids is 1. The molecule has 0 fully saturated rings. The Kier molecular flexibility index (Phi) is 11.4. The van der Waals surface area contributed by atoms with E-state index in [9.17, 15) is 14.4 Å². The second kappa shape index (κ2) is 12.9. The molecule has 2 aromatic rings. The monoisotopic (exact) mass is 413 g/mol. The molecular weight excluding hydrogens is 395 g/mol. The van der Waals surface area contributed by atoms with Crippen molar-refractivity contribution in [3.8, 4) is 11.5 Å². The summed E-state index contributed by atoms with van der Waals surface area (Å²) in [6, 6.07) is 12.1. The van der Waals surface area contributed by atoms with E-state index >= 15 is 0 Å². The Hall–Kier alpha value is -3.33. The number of methoxy groups -OCH3 is 1. The van der Waals surface area contributed by atoms with E-state index in [0.717, 1.165) is 0 Å². The van der Waals surface area contributed by atoms with Gasteiger partial charge in [-0.05, 0) is 42.0 Å². The van der Waals surface area contributed by atoms with Crippen LogP contribution in [-0.2, 0) is 20.6 Å². The average Bonchev–Trinajstić information content (AvgIpc) is 2.63. The van der Waals surface area contributed by atoms with Gasteiger partial charge in [0.05, 0.1) is 12.7 Å². The van der Waals surface area contributed by atoms with Crippen molar-refractivity contribution in [3.63, 3.8) is 0 Å². The maximum absolute atomic E-state index is 10.7. The molecule has 28 heavy (non-hydrogen) atoms. The second-order valence-corrected chi connectivity index (χ2v) is 5.36. The van der Waals surface area contributed by atoms with Crippen molar-refractivity contribution >= 4 is 26.0 Å². The van der Waals surface area contributed by atoms with Gasteiger partial charge in [-0.2, -0.15) is 0 Å². The molecule has 0 bridgehead atoms. The number of phenolic OH excluding ortho intramolecular Hbond substituents is 1. The van der Waals surface area contributed by atoms with Gasteiger partial charge in [-0.25, -0.2) is 9.59 Å². The summed E-state index contributed by atoms with van der Waals surface area (Å²) >= 11 is 0. The van der Waals surface area contributed by atoms with Gasteiger partial charge >= 0.3 is 20.2 Å². The van der Waals surface area contributed by atoms with Gasteiger partial charge in [-0.3, -0.25) is 4.79 Å². The van der Waals surface area contributed by atoms with Crippen molar-refractivity contribution in [1.29, 1.82) is 0 Å². The first-order valence-electron chi connectivity index (χ1n) is 7.33. The summed E-state index contributed by atoms with van der Waals surface area (Å²) in [7, 11) is -1.33. The van der Waals surface area contributed by atoms with Crippen LogP contribution in [-0.4, -0.2) is 49.9 Å². The van der Waals surface area contributed by atoms with E-state index < -0.39 is 26.0 Å². The third-order valence-corrected chi connectivity index (χ3v) is 2.88. The van der Waals surface area contributed by atoms with Gasteiger partial charge in [0.2, 0.25) is 5.78 Å². The fourth-order valence-electron chi connectivity index (χ4n) is 1.61. The number of aromatic hydroxyl groups is 1. The zero-order valence-corrected chi connectivity index (χ0v) is 15.4.